The zero-order valence-electron chi connectivity index (χ0n) is 17.6. The standard InChI is InChI=1S/C26H22NO5P/c28-24-12-10-23(11-13-24)27-17-22-7-6-21(20-8-14-25(15-9-20)33(29,30)31)16-26(22)32-18-19-4-2-1-3-5-19/h1-17,28H,18H2,(H2,29,30,31)/b27-17+. The highest BCUT2D eigenvalue weighted by molar-refractivity contribution is 7.60. The molecule has 0 unspecified atom stereocenters. The van der Waals surface area contributed by atoms with Gasteiger partial charge >= 0.3 is 7.60 Å². The van der Waals surface area contributed by atoms with Gasteiger partial charge in [0.2, 0.25) is 0 Å². The average molecular weight is 459 g/mol. The predicted octanol–water partition coefficient (Wildman–Crippen LogP) is 5.19. The van der Waals surface area contributed by atoms with Crippen LogP contribution >= 0.6 is 7.60 Å². The maximum Gasteiger partial charge on any atom is 0.356 e. The fourth-order valence-electron chi connectivity index (χ4n) is 3.21. The van der Waals surface area contributed by atoms with Crippen molar-refractivity contribution in [1.29, 1.82) is 0 Å². The van der Waals surface area contributed by atoms with Crippen molar-refractivity contribution in [1.82, 2.24) is 0 Å². The summed E-state index contributed by atoms with van der Waals surface area (Å²) in [5.41, 5.74) is 4.14. The number of phenolic OH excluding ortho intramolecular Hbond substituents is 1. The van der Waals surface area contributed by atoms with Crippen molar-refractivity contribution in [2.45, 2.75) is 6.61 Å². The van der Waals surface area contributed by atoms with Gasteiger partial charge in [-0.25, -0.2) is 0 Å². The smallest absolute Gasteiger partial charge is 0.356 e. The lowest BCUT2D eigenvalue weighted by molar-refractivity contribution is 0.306. The van der Waals surface area contributed by atoms with Crippen LogP contribution in [-0.4, -0.2) is 21.1 Å². The quantitative estimate of drug-likeness (QED) is 0.261. The largest absolute Gasteiger partial charge is 0.508 e. The number of nitrogens with zero attached hydrogens (tertiary/aromatic N) is 1. The predicted molar refractivity (Wildman–Crippen MR) is 130 cm³/mol. The summed E-state index contributed by atoms with van der Waals surface area (Å²) in [7, 11) is -4.29. The Labute approximate surface area is 191 Å². The van der Waals surface area contributed by atoms with E-state index in [0.717, 1.165) is 22.3 Å². The Morgan fingerprint density at radius 2 is 1.48 bits per heavy atom. The highest BCUT2D eigenvalue weighted by Crippen LogP contribution is 2.34. The molecule has 0 fully saturated rings. The Hall–Kier alpha value is -3.70. The lowest BCUT2D eigenvalue weighted by Gasteiger charge is -2.12. The summed E-state index contributed by atoms with van der Waals surface area (Å²) in [4.78, 5) is 23.2. The van der Waals surface area contributed by atoms with E-state index in [1.54, 1.807) is 42.6 Å². The van der Waals surface area contributed by atoms with Crippen LogP contribution < -0.4 is 10.0 Å². The number of hydrogen-bond acceptors (Lipinski definition) is 4. The third-order valence-electron chi connectivity index (χ3n) is 4.99. The molecular formula is C26H22NO5P. The van der Waals surface area contributed by atoms with Crippen molar-refractivity contribution in [3.05, 3.63) is 108 Å². The second-order valence-corrected chi connectivity index (χ2v) is 9.00. The molecule has 166 valence electrons. The molecule has 0 bridgehead atoms. The van der Waals surface area contributed by atoms with Crippen LogP contribution in [0.25, 0.3) is 11.1 Å². The van der Waals surface area contributed by atoms with Gasteiger partial charge in [0.15, 0.2) is 0 Å². The van der Waals surface area contributed by atoms with Gasteiger partial charge in [-0.1, -0.05) is 48.5 Å². The molecule has 3 N–H and O–H groups in total. The normalized spacial score (nSPS) is 11.6. The van der Waals surface area contributed by atoms with Crippen LogP contribution in [0.1, 0.15) is 11.1 Å². The molecule has 0 aliphatic heterocycles. The third-order valence-corrected chi connectivity index (χ3v) is 5.96. The number of rotatable bonds is 7. The average Bonchev–Trinajstić information content (AvgIpc) is 2.83. The molecule has 0 aliphatic rings. The fourth-order valence-corrected chi connectivity index (χ4v) is 3.75. The second kappa shape index (κ2) is 9.84. The summed E-state index contributed by atoms with van der Waals surface area (Å²) in [6.07, 6.45) is 1.70. The fraction of sp³-hybridized carbons (Fsp3) is 0.0385. The molecule has 7 heteroatoms. The second-order valence-electron chi connectivity index (χ2n) is 7.39. The summed E-state index contributed by atoms with van der Waals surface area (Å²) in [5, 5.41) is 9.43. The van der Waals surface area contributed by atoms with Crippen molar-refractivity contribution < 1.29 is 24.2 Å². The van der Waals surface area contributed by atoms with Crippen LogP contribution in [0.5, 0.6) is 11.5 Å². The maximum atomic E-state index is 11.5. The van der Waals surface area contributed by atoms with E-state index in [-0.39, 0.29) is 11.1 Å². The number of aliphatic imine (C=N–C) groups is 1. The highest BCUT2D eigenvalue weighted by Gasteiger charge is 2.16. The van der Waals surface area contributed by atoms with E-state index in [9.17, 15) is 19.5 Å². The highest BCUT2D eigenvalue weighted by atomic mass is 31.2. The van der Waals surface area contributed by atoms with Gasteiger partial charge in [-0.15, -0.1) is 0 Å². The maximum absolute atomic E-state index is 11.5. The van der Waals surface area contributed by atoms with Gasteiger partial charge in [-0.3, -0.25) is 9.56 Å². The molecule has 4 aromatic carbocycles. The molecule has 0 aliphatic carbocycles. The molecule has 6 nitrogen and oxygen atoms in total. The minimum atomic E-state index is -4.29. The summed E-state index contributed by atoms with van der Waals surface area (Å²) in [6, 6.07) is 28.3. The van der Waals surface area contributed by atoms with Crippen LogP contribution in [0.15, 0.2) is 102 Å². The molecule has 4 aromatic rings. The first-order valence-electron chi connectivity index (χ1n) is 10.2. The molecular weight excluding hydrogens is 437 g/mol. The minimum Gasteiger partial charge on any atom is -0.508 e. The summed E-state index contributed by atoms with van der Waals surface area (Å²) < 4.78 is 17.6. The number of phenols is 1. The first kappa shape index (κ1) is 22.5. The number of ether oxygens (including phenoxy) is 1. The molecule has 0 atom stereocenters. The van der Waals surface area contributed by atoms with Crippen molar-refractivity contribution in [3.8, 4) is 22.6 Å². The van der Waals surface area contributed by atoms with E-state index in [4.69, 9.17) is 4.74 Å². The van der Waals surface area contributed by atoms with Crippen LogP contribution in [0.2, 0.25) is 0 Å². The SMILES string of the molecule is O=P(O)(O)c1ccc(-c2ccc(/C=N/c3ccc(O)cc3)c(OCc3ccccc3)c2)cc1. The Morgan fingerprint density at radius 3 is 2.15 bits per heavy atom. The van der Waals surface area contributed by atoms with E-state index in [1.165, 1.54) is 12.1 Å². The molecule has 0 heterocycles. The van der Waals surface area contributed by atoms with Gasteiger partial charge in [0.05, 0.1) is 11.0 Å². The van der Waals surface area contributed by atoms with E-state index in [2.05, 4.69) is 4.99 Å². The summed E-state index contributed by atoms with van der Waals surface area (Å²) in [5.74, 6) is 0.799. The first-order valence-corrected chi connectivity index (χ1v) is 11.8. The van der Waals surface area contributed by atoms with Crippen molar-refractivity contribution in [3.63, 3.8) is 0 Å². The van der Waals surface area contributed by atoms with Gasteiger partial charge in [-0.2, -0.15) is 0 Å². The Bertz CT molecular complexity index is 1300. The number of aromatic hydroxyl groups is 1. The Kier molecular flexibility index (Phi) is 6.71. The van der Waals surface area contributed by atoms with E-state index in [0.29, 0.717) is 18.0 Å². The number of hydrogen-bond donors (Lipinski definition) is 3. The molecule has 0 aromatic heterocycles. The van der Waals surface area contributed by atoms with Crippen LogP contribution in [-0.2, 0) is 11.2 Å². The molecule has 0 saturated heterocycles. The zero-order chi connectivity index (χ0) is 23.3. The van der Waals surface area contributed by atoms with Crippen LogP contribution in [0.3, 0.4) is 0 Å². The number of benzene rings is 4. The monoisotopic (exact) mass is 459 g/mol. The van der Waals surface area contributed by atoms with Gasteiger partial charge < -0.3 is 19.6 Å². The van der Waals surface area contributed by atoms with E-state index >= 15 is 0 Å². The Morgan fingerprint density at radius 1 is 0.818 bits per heavy atom. The van der Waals surface area contributed by atoms with Crippen molar-refractivity contribution in [2.24, 2.45) is 4.99 Å². The molecule has 0 amide bonds. The molecule has 0 spiro atoms. The molecule has 0 radical (unpaired) electrons. The Balaban J connectivity index is 1.65. The lowest BCUT2D eigenvalue weighted by atomic mass is 10.0. The minimum absolute atomic E-state index is 0.0237. The van der Waals surface area contributed by atoms with E-state index in [1.807, 2.05) is 48.5 Å². The van der Waals surface area contributed by atoms with E-state index < -0.39 is 7.60 Å². The summed E-state index contributed by atoms with van der Waals surface area (Å²) >= 11 is 0. The molecule has 0 saturated carbocycles. The zero-order valence-corrected chi connectivity index (χ0v) is 18.5. The van der Waals surface area contributed by atoms with Crippen molar-refractivity contribution >= 4 is 24.8 Å². The van der Waals surface area contributed by atoms with Gasteiger partial charge in [-0.05, 0) is 65.2 Å². The van der Waals surface area contributed by atoms with Gasteiger partial charge in [0.1, 0.15) is 18.1 Å². The topological polar surface area (TPSA) is 99.4 Å². The van der Waals surface area contributed by atoms with Crippen LogP contribution in [0.4, 0.5) is 5.69 Å². The van der Waals surface area contributed by atoms with Crippen LogP contribution in [0, 0.1) is 0 Å². The summed E-state index contributed by atoms with van der Waals surface area (Å²) in [6.45, 7) is 0.376. The van der Waals surface area contributed by atoms with Gasteiger partial charge in [0, 0.05) is 11.8 Å². The third kappa shape index (κ3) is 5.96. The van der Waals surface area contributed by atoms with Gasteiger partial charge in [0.25, 0.3) is 0 Å². The molecule has 4 rings (SSSR count). The van der Waals surface area contributed by atoms with Crippen molar-refractivity contribution in [2.75, 3.05) is 0 Å². The molecule has 33 heavy (non-hydrogen) atoms. The first-order chi connectivity index (χ1) is 15.9. The lowest BCUT2D eigenvalue weighted by Crippen LogP contribution is -2.02.